The minimum atomic E-state index is -3.50. The largest absolute Gasteiger partial charge is 0.330 e. The summed E-state index contributed by atoms with van der Waals surface area (Å²) in [7, 11) is -3.50. The van der Waals surface area contributed by atoms with E-state index >= 15 is 0 Å². The molecular formula is C15H20ClN3O2S. The van der Waals surface area contributed by atoms with E-state index in [0.717, 1.165) is 11.8 Å². The van der Waals surface area contributed by atoms with Crippen molar-refractivity contribution >= 4 is 33.2 Å². The second-order valence-electron chi connectivity index (χ2n) is 5.96. The van der Waals surface area contributed by atoms with Gasteiger partial charge in [0.1, 0.15) is 0 Å². The van der Waals surface area contributed by atoms with Crippen molar-refractivity contribution in [2.24, 2.45) is 11.1 Å². The van der Waals surface area contributed by atoms with Crippen LogP contribution in [0.15, 0.2) is 41.6 Å². The maximum Gasteiger partial charge on any atom is 0.243 e. The minimum absolute atomic E-state index is 0. The SMILES string of the molecule is CC1(CN)CCN(S(=O)(=O)c2cccc3cnccc23)C1.Cl. The third-order valence-corrected chi connectivity index (χ3v) is 6.18. The summed E-state index contributed by atoms with van der Waals surface area (Å²) in [4.78, 5) is 4.40. The van der Waals surface area contributed by atoms with Crippen LogP contribution in [0.5, 0.6) is 0 Å². The standard InChI is InChI=1S/C15H19N3O2S.ClH/c1-15(10-16)6-8-18(11-15)21(19,20)14-4-2-3-12-9-17-7-5-13(12)14;/h2-5,7,9H,6,8,10-11,16H2,1H3;1H. The number of hydrogen-bond donors (Lipinski definition) is 1. The van der Waals surface area contributed by atoms with E-state index in [4.69, 9.17) is 5.73 Å². The van der Waals surface area contributed by atoms with Gasteiger partial charge in [-0.25, -0.2) is 8.42 Å². The zero-order chi connectivity index (χ0) is 15.1. The van der Waals surface area contributed by atoms with Crippen LogP contribution in [-0.4, -0.2) is 37.3 Å². The van der Waals surface area contributed by atoms with Crippen molar-refractivity contribution in [2.75, 3.05) is 19.6 Å². The van der Waals surface area contributed by atoms with Gasteiger partial charge in [0.25, 0.3) is 0 Å². The van der Waals surface area contributed by atoms with Gasteiger partial charge in [0.05, 0.1) is 4.90 Å². The summed E-state index contributed by atoms with van der Waals surface area (Å²) < 4.78 is 27.4. The van der Waals surface area contributed by atoms with Crippen molar-refractivity contribution in [2.45, 2.75) is 18.2 Å². The molecule has 120 valence electrons. The van der Waals surface area contributed by atoms with Gasteiger partial charge in [-0.05, 0) is 30.5 Å². The van der Waals surface area contributed by atoms with Gasteiger partial charge in [0.2, 0.25) is 10.0 Å². The van der Waals surface area contributed by atoms with E-state index < -0.39 is 10.0 Å². The number of fused-ring (bicyclic) bond motifs is 1. The molecule has 0 spiro atoms. The Morgan fingerprint density at radius 2 is 2.14 bits per heavy atom. The molecule has 1 fully saturated rings. The number of sulfonamides is 1. The van der Waals surface area contributed by atoms with Gasteiger partial charge in [-0.3, -0.25) is 4.98 Å². The van der Waals surface area contributed by atoms with Crippen molar-refractivity contribution < 1.29 is 8.42 Å². The molecule has 5 nitrogen and oxygen atoms in total. The molecular weight excluding hydrogens is 322 g/mol. The van der Waals surface area contributed by atoms with Crippen LogP contribution in [0.1, 0.15) is 13.3 Å². The lowest BCUT2D eigenvalue weighted by Crippen LogP contribution is -2.34. The Labute approximate surface area is 137 Å². The fourth-order valence-corrected chi connectivity index (χ4v) is 4.61. The maximum atomic E-state index is 12.9. The quantitative estimate of drug-likeness (QED) is 0.926. The average molecular weight is 342 g/mol. The molecule has 2 heterocycles. The molecule has 2 N–H and O–H groups in total. The third-order valence-electron chi connectivity index (χ3n) is 4.27. The molecule has 0 radical (unpaired) electrons. The molecule has 3 rings (SSSR count). The lowest BCUT2D eigenvalue weighted by molar-refractivity contribution is 0.350. The predicted octanol–water partition coefficient (Wildman–Crippen LogP) is 2.02. The van der Waals surface area contributed by atoms with Crippen LogP contribution in [0, 0.1) is 5.41 Å². The van der Waals surface area contributed by atoms with Crippen LogP contribution in [0.4, 0.5) is 0 Å². The molecule has 7 heteroatoms. The maximum absolute atomic E-state index is 12.9. The molecule has 1 aliphatic rings. The van der Waals surface area contributed by atoms with Gasteiger partial charge in [0, 0.05) is 36.3 Å². The topological polar surface area (TPSA) is 76.3 Å². The van der Waals surface area contributed by atoms with E-state index in [-0.39, 0.29) is 17.8 Å². The molecule has 1 saturated heterocycles. The fraction of sp³-hybridized carbons (Fsp3) is 0.400. The van der Waals surface area contributed by atoms with Crippen molar-refractivity contribution in [3.05, 3.63) is 36.7 Å². The number of halogens is 1. The summed E-state index contributed by atoms with van der Waals surface area (Å²) >= 11 is 0. The Kier molecular flexibility index (Phi) is 4.77. The summed E-state index contributed by atoms with van der Waals surface area (Å²) in [6.07, 6.45) is 4.10. The van der Waals surface area contributed by atoms with Crippen LogP contribution in [0.25, 0.3) is 10.8 Å². The number of benzene rings is 1. The Hall–Kier alpha value is -1.21. The van der Waals surface area contributed by atoms with Gasteiger partial charge in [-0.1, -0.05) is 19.1 Å². The van der Waals surface area contributed by atoms with Crippen molar-refractivity contribution in [1.82, 2.24) is 9.29 Å². The second kappa shape index (κ2) is 6.12. The zero-order valence-electron chi connectivity index (χ0n) is 12.4. The van der Waals surface area contributed by atoms with E-state index in [1.807, 2.05) is 13.0 Å². The average Bonchev–Trinajstić information content (AvgIpc) is 2.91. The lowest BCUT2D eigenvalue weighted by Gasteiger charge is -2.22. The Morgan fingerprint density at radius 3 is 2.82 bits per heavy atom. The summed E-state index contributed by atoms with van der Waals surface area (Å²) in [5, 5.41) is 1.55. The zero-order valence-corrected chi connectivity index (χ0v) is 14.0. The smallest absolute Gasteiger partial charge is 0.243 e. The van der Waals surface area contributed by atoms with Crippen molar-refractivity contribution in [1.29, 1.82) is 0 Å². The molecule has 0 saturated carbocycles. The number of nitrogens with two attached hydrogens (primary N) is 1. The van der Waals surface area contributed by atoms with Crippen molar-refractivity contribution in [3.8, 4) is 0 Å². The number of aromatic nitrogens is 1. The van der Waals surface area contributed by atoms with Crippen molar-refractivity contribution in [3.63, 3.8) is 0 Å². The summed E-state index contributed by atoms with van der Waals surface area (Å²) in [5.41, 5.74) is 5.65. The number of nitrogens with zero attached hydrogens (tertiary/aromatic N) is 2. The van der Waals surface area contributed by atoms with Crippen LogP contribution < -0.4 is 5.73 Å². The Bertz CT molecular complexity index is 776. The first-order valence-electron chi connectivity index (χ1n) is 6.99. The monoisotopic (exact) mass is 341 g/mol. The molecule has 1 aromatic carbocycles. The first kappa shape index (κ1) is 17.1. The summed E-state index contributed by atoms with van der Waals surface area (Å²) in [5.74, 6) is 0. The molecule has 1 atom stereocenters. The first-order valence-corrected chi connectivity index (χ1v) is 8.43. The van der Waals surface area contributed by atoms with Crippen LogP contribution >= 0.6 is 12.4 Å². The fourth-order valence-electron chi connectivity index (χ4n) is 2.81. The van der Waals surface area contributed by atoms with E-state index in [2.05, 4.69) is 4.98 Å². The number of pyridine rings is 1. The van der Waals surface area contributed by atoms with Crippen LogP contribution in [0.3, 0.4) is 0 Å². The molecule has 0 amide bonds. The molecule has 1 unspecified atom stereocenters. The lowest BCUT2D eigenvalue weighted by atomic mass is 9.90. The molecule has 22 heavy (non-hydrogen) atoms. The molecule has 0 aliphatic carbocycles. The van der Waals surface area contributed by atoms with E-state index in [1.54, 1.807) is 34.9 Å². The highest BCUT2D eigenvalue weighted by molar-refractivity contribution is 7.89. The Balaban J connectivity index is 0.00000176. The summed E-state index contributed by atoms with van der Waals surface area (Å²) in [6.45, 7) is 3.54. The van der Waals surface area contributed by atoms with Gasteiger partial charge < -0.3 is 5.73 Å². The van der Waals surface area contributed by atoms with Gasteiger partial charge in [-0.2, -0.15) is 4.31 Å². The second-order valence-corrected chi connectivity index (χ2v) is 7.86. The normalized spacial score (nSPS) is 22.6. The van der Waals surface area contributed by atoms with Crippen LogP contribution in [0.2, 0.25) is 0 Å². The van der Waals surface area contributed by atoms with E-state index in [9.17, 15) is 8.42 Å². The highest BCUT2D eigenvalue weighted by Crippen LogP contribution is 2.34. The molecule has 1 aromatic heterocycles. The highest BCUT2D eigenvalue weighted by atomic mass is 35.5. The highest BCUT2D eigenvalue weighted by Gasteiger charge is 2.39. The summed E-state index contributed by atoms with van der Waals surface area (Å²) in [6, 6.07) is 7.04. The molecule has 0 bridgehead atoms. The van der Waals surface area contributed by atoms with Gasteiger partial charge in [0.15, 0.2) is 0 Å². The number of hydrogen-bond acceptors (Lipinski definition) is 4. The minimum Gasteiger partial charge on any atom is -0.330 e. The van der Waals surface area contributed by atoms with Gasteiger partial charge >= 0.3 is 0 Å². The Morgan fingerprint density at radius 1 is 1.36 bits per heavy atom. The molecule has 1 aliphatic heterocycles. The number of rotatable bonds is 3. The van der Waals surface area contributed by atoms with E-state index in [0.29, 0.717) is 29.9 Å². The molecule has 2 aromatic rings. The van der Waals surface area contributed by atoms with E-state index in [1.165, 1.54) is 0 Å². The first-order chi connectivity index (χ1) is 9.96. The predicted molar refractivity (Wildman–Crippen MR) is 89.5 cm³/mol. The van der Waals surface area contributed by atoms with Crippen LogP contribution in [-0.2, 0) is 10.0 Å². The van der Waals surface area contributed by atoms with Gasteiger partial charge in [-0.15, -0.1) is 12.4 Å². The third kappa shape index (κ3) is 2.84.